The van der Waals surface area contributed by atoms with E-state index in [1.165, 1.54) is 11.8 Å². The van der Waals surface area contributed by atoms with Gasteiger partial charge in [-0.3, -0.25) is 0 Å². The Morgan fingerprint density at radius 2 is 1.85 bits per heavy atom. The highest BCUT2D eigenvalue weighted by Gasteiger charge is 2.17. The zero-order valence-electron chi connectivity index (χ0n) is 11.5. The molecule has 0 aliphatic rings. The average molecular weight is 287 g/mol. The minimum Gasteiger partial charge on any atom is -0.478 e. The van der Waals surface area contributed by atoms with Gasteiger partial charge in [0, 0.05) is 18.5 Å². The van der Waals surface area contributed by atoms with E-state index >= 15 is 0 Å². The monoisotopic (exact) mass is 287 g/mol. The summed E-state index contributed by atoms with van der Waals surface area (Å²) < 4.78 is 0. The summed E-state index contributed by atoms with van der Waals surface area (Å²) in [6.45, 7) is 0.680. The van der Waals surface area contributed by atoms with Gasteiger partial charge < -0.3 is 10.0 Å². The summed E-state index contributed by atoms with van der Waals surface area (Å²) in [7, 11) is 1.92. The molecule has 0 saturated carbocycles. The molecule has 20 heavy (non-hydrogen) atoms. The van der Waals surface area contributed by atoms with E-state index in [4.69, 9.17) is 0 Å². The maximum atomic E-state index is 11.5. The lowest BCUT2D eigenvalue weighted by molar-refractivity contribution is 0.0694. The van der Waals surface area contributed by atoms with Gasteiger partial charge >= 0.3 is 5.97 Å². The van der Waals surface area contributed by atoms with Crippen molar-refractivity contribution in [2.24, 2.45) is 0 Å². The minimum atomic E-state index is -0.884. The summed E-state index contributed by atoms with van der Waals surface area (Å²) in [4.78, 5) is 14.3. The number of aromatic carboxylic acids is 1. The molecule has 0 heterocycles. The van der Waals surface area contributed by atoms with Crippen LogP contribution in [0.25, 0.3) is 0 Å². The van der Waals surface area contributed by atoms with Gasteiger partial charge in [0.15, 0.2) is 0 Å². The zero-order chi connectivity index (χ0) is 14.5. The van der Waals surface area contributed by atoms with E-state index < -0.39 is 5.97 Å². The number of nitrogens with zero attached hydrogens (tertiary/aromatic N) is 1. The number of hydrogen-bond acceptors (Lipinski definition) is 3. The molecule has 0 atom stereocenters. The number of benzene rings is 2. The number of rotatable bonds is 5. The molecule has 0 saturated heterocycles. The van der Waals surface area contributed by atoms with Crippen LogP contribution < -0.4 is 4.90 Å². The number of carbonyl (C=O) groups is 1. The Hall–Kier alpha value is -1.94. The molecule has 2 aromatic carbocycles. The van der Waals surface area contributed by atoms with Gasteiger partial charge in [-0.2, -0.15) is 0 Å². The van der Waals surface area contributed by atoms with Crippen LogP contribution in [0.4, 0.5) is 5.69 Å². The zero-order valence-corrected chi connectivity index (χ0v) is 12.4. The normalized spacial score (nSPS) is 10.3. The quantitative estimate of drug-likeness (QED) is 0.850. The second-order valence-electron chi connectivity index (χ2n) is 4.50. The number of thioether (sulfide) groups is 1. The molecule has 0 radical (unpaired) electrons. The Balaban J connectivity index is 2.34. The van der Waals surface area contributed by atoms with E-state index in [1.54, 1.807) is 0 Å². The molecule has 0 spiro atoms. The molecule has 0 fully saturated rings. The highest BCUT2D eigenvalue weighted by molar-refractivity contribution is 7.98. The van der Waals surface area contributed by atoms with Crippen LogP contribution in [0.1, 0.15) is 15.9 Å². The van der Waals surface area contributed by atoms with E-state index in [-0.39, 0.29) is 0 Å². The molecule has 3 nitrogen and oxygen atoms in total. The average Bonchev–Trinajstić information content (AvgIpc) is 2.47. The largest absolute Gasteiger partial charge is 0.478 e. The highest BCUT2D eigenvalue weighted by Crippen LogP contribution is 2.29. The van der Waals surface area contributed by atoms with Crippen LogP contribution in [0.5, 0.6) is 0 Å². The van der Waals surface area contributed by atoms with Gasteiger partial charge in [0.1, 0.15) is 0 Å². The summed E-state index contributed by atoms with van der Waals surface area (Å²) in [6, 6.07) is 15.6. The first-order valence-electron chi connectivity index (χ1n) is 6.29. The Kier molecular flexibility index (Phi) is 4.69. The van der Waals surface area contributed by atoms with Crippen LogP contribution in [0.15, 0.2) is 53.4 Å². The molecule has 0 aliphatic carbocycles. The molecule has 0 aromatic heterocycles. The maximum Gasteiger partial charge on any atom is 0.338 e. The van der Waals surface area contributed by atoms with Crippen molar-refractivity contribution in [1.29, 1.82) is 0 Å². The first-order valence-corrected chi connectivity index (χ1v) is 7.51. The van der Waals surface area contributed by atoms with Gasteiger partial charge in [0.25, 0.3) is 0 Å². The Labute approximate surface area is 123 Å². The fourth-order valence-corrected chi connectivity index (χ4v) is 2.78. The first kappa shape index (κ1) is 14.5. The van der Waals surface area contributed by atoms with Crippen molar-refractivity contribution < 1.29 is 9.90 Å². The molecular formula is C16H17NO2S. The predicted octanol–water partition coefficient (Wildman–Crippen LogP) is 3.74. The number of carboxylic acids is 1. The summed E-state index contributed by atoms with van der Waals surface area (Å²) in [5.41, 5.74) is 2.27. The van der Waals surface area contributed by atoms with Gasteiger partial charge in [-0.1, -0.05) is 36.4 Å². The van der Waals surface area contributed by atoms with Crippen LogP contribution in [-0.2, 0) is 6.54 Å². The molecule has 0 aliphatic heterocycles. The van der Waals surface area contributed by atoms with Gasteiger partial charge in [-0.05, 0) is 24.0 Å². The summed E-state index contributed by atoms with van der Waals surface area (Å²) in [5.74, 6) is -0.884. The number of carboxylic acid groups (broad SMARTS) is 1. The topological polar surface area (TPSA) is 40.5 Å². The number of hydrogen-bond donors (Lipinski definition) is 1. The van der Waals surface area contributed by atoms with E-state index in [2.05, 4.69) is 0 Å². The van der Waals surface area contributed by atoms with Crippen LogP contribution in [0.3, 0.4) is 0 Å². The molecule has 0 unspecified atom stereocenters. The van der Waals surface area contributed by atoms with E-state index in [9.17, 15) is 9.90 Å². The third-order valence-corrected chi connectivity index (χ3v) is 3.89. The second-order valence-corrected chi connectivity index (χ2v) is 5.35. The molecule has 0 bridgehead atoms. The van der Waals surface area contributed by atoms with E-state index in [0.717, 1.165) is 16.1 Å². The van der Waals surface area contributed by atoms with Gasteiger partial charge in [0.2, 0.25) is 0 Å². The number of anilines is 1. The molecule has 104 valence electrons. The van der Waals surface area contributed by atoms with Crippen molar-refractivity contribution in [2.45, 2.75) is 11.4 Å². The van der Waals surface area contributed by atoms with Crippen molar-refractivity contribution in [1.82, 2.24) is 0 Å². The maximum absolute atomic E-state index is 11.5. The van der Waals surface area contributed by atoms with E-state index in [0.29, 0.717) is 12.1 Å². The van der Waals surface area contributed by atoms with Crippen molar-refractivity contribution in [2.75, 3.05) is 18.2 Å². The van der Waals surface area contributed by atoms with Crippen LogP contribution in [0, 0.1) is 0 Å². The van der Waals surface area contributed by atoms with Gasteiger partial charge in [-0.15, -0.1) is 11.8 Å². The van der Waals surface area contributed by atoms with Crippen LogP contribution in [-0.4, -0.2) is 24.4 Å². The Morgan fingerprint density at radius 3 is 2.45 bits per heavy atom. The summed E-state index contributed by atoms with van der Waals surface area (Å²) >= 11 is 1.45. The second kappa shape index (κ2) is 6.48. The Bertz CT molecular complexity index is 599. The highest BCUT2D eigenvalue weighted by atomic mass is 32.2. The lowest BCUT2D eigenvalue weighted by atomic mass is 10.1. The van der Waals surface area contributed by atoms with Crippen LogP contribution in [0.2, 0.25) is 0 Å². The van der Waals surface area contributed by atoms with Crippen molar-refractivity contribution in [3.05, 3.63) is 59.7 Å². The fraction of sp³-hybridized carbons (Fsp3) is 0.188. The van der Waals surface area contributed by atoms with E-state index in [1.807, 2.05) is 66.7 Å². The molecule has 2 aromatic rings. The molecular weight excluding hydrogens is 270 g/mol. The third-order valence-electron chi connectivity index (χ3n) is 3.11. The van der Waals surface area contributed by atoms with Crippen LogP contribution >= 0.6 is 11.8 Å². The fourth-order valence-electron chi connectivity index (χ4n) is 2.17. The van der Waals surface area contributed by atoms with Crippen molar-refractivity contribution >= 4 is 23.4 Å². The smallest absolute Gasteiger partial charge is 0.338 e. The van der Waals surface area contributed by atoms with Gasteiger partial charge in [-0.25, -0.2) is 4.79 Å². The molecule has 0 amide bonds. The predicted molar refractivity (Wildman–Crippen MR) is 83.7 cm³/mol. The summed E-state index contributed by atoms with van der Waals surface area (Å²) in [5, 5.41) is 9.45. The molecule has 1 N–H and O–H groups in total. The standard InChI is InChI=1S/C16H17NO2S/c1-17(11-12-7-4-3-5-8-12)13-9-6-10-14(20-2)15(13)16(18)19/h3-10H,11H2,1-2H3,(H,18,19). The molecule has 4 heteroatoms. The Morgan fingerprint density at radius 1 is 1.15 bits per heavy atom. The van der Waals surface area contributed by atoms with Gasteiger partial charge in [0.05, 0.1) is 11.3 Å². The summed E-state index contributed by atoms with van der Waals surface area (Å²) in [6.07, 6.45) is 1.89. The lowest BCUT2D eigenvalue weighted by Crippen LogP contribution is -2.19. The van der Waals surface area contributed by atoms with Crippen molar-refractivity contribution in [3.63, 3.8) is 0 Å². The third kappa shape index (κ3) is 3.14. The lowest BCUT2D eigenvalue weighted by Gasteiger charge is -2.22. The minimum absolute atomic E-state index is 0.374. The molecule has 2 rings (SSSR count). The first-order chi connectivity index (χ1) is 9.63. The van der Waals surface area contributed by atoms with Crippen molar-refractivity contribution in [3.8, 4) is 0 Å². The SMILES string of the molecule is CSc1cccc(N(C)Cc2ccccc2)c1C(=O)O.